The van der Waals surface area contributed by atoms with Crippen LogP contribution in [0.15, 0.2) is 35.4 Å². The van der Waals surface area contributed by atoms with Gasteiger partial charge >= 0.3 is 0 Å². The fraction of sp³-hybridized carbons (Fsp3) is 0.364. The highest BCUT2D eigenvalue weighted by Gasteiger charge is 2.60. The summed E-state index contributed by atoms with van der Waals surface area (Å²) in [6.45, 7) is 4.27. The molecule has 1 aromatic carbocycles. The molecular weight excluding hydrogens is 174 g/mol. The first-order valence-corrected chi connectivity index (χ1v) is 4.89. The number of hydrazone groups is 1. The van der Waals surface area contributed by atoms with E-state index in [0.717, 1.165) is 5.69 Å². The molecule has 0 amide bonds. The molecule has 2 atom stereocenters. The van der Waals surface area contributed by atoms with Crippen molar-refractivity contribution in [2.24, 2.45) is 5.10 Å². The Morgan fingerprint density at radius 1 is 1.36 bits per heavy atom. The Balaban J connectivity index is 1.97. The van der Waals surface area contributed by atoms with Crippen LogP contribution in [0.5, 0.6) is 0 Å². The van der Waals surface area contributed by atoms with Gasteiger partial charge in [-0.15, -0.1) is 0 Å². The second-order valence-corrected chi connectivity index (χ2v) is 4.11. The number of rotatable bonds is 1. The minimum absolute atomic E-state index is 0.121. The van der Waals surface area contributed by atoms with E-state index in [2.05, 4.69) is 41.4 Å². The van der Waals surface area contributed by atoms with Crippen LogP contribution < -0.4 is 10.3 Å². The molecule has 1 aromatic rings. The summed E-state index contributed by atoms with van der Waals surface area (Å²) in [4.78, 5) is 0. The second kappa shape index (κ2) is 2.36. The fourth-order valence-electron chi connectivity index (χ4n) is 1.96. The molecule has 2 unspecified atom stereocenters. The summed E-state index contributed by atoms with van der Waals surface area (Å²) in [5.41, 5.74) is 2.45. The van der Waals surface area contributed by atoms with Crippen LogP contribution in [0.25, 0.3) is 0 Å². The van der Waals surface area contributed by atoms with Crippen molar-refractivity contribution in [2.45, 2.75) is 25.6 Å². The van der Waals surface area contributed by atoms with E-state index in [-0.39, 0.29) is 5.54 Å². The van der Waals surface area contributed by atoms with Crippen LogP contribution in [-0.4, -0.2) is 17.4 Å². The average molecular weight is 187 g/mol. The third-order valence-corrected chi connectivity index (χ3v) is 3.17. The highest BCUT2D eigenvalue weighted by atomic mass is 15.6. The molecule has 3 rings (SSSR count). The van der Waals surface area contributed by atoms with E-state index < -0.39 is 0 Å². The maximum Gasteiger partial charge on any atom is 0.126 e. The van der Waals surface area contributed by atoms with Crippen molar-refractivity contribution >= 4 is 11.4 Å². The summed E-state index contributed by atoms with van der Waals surface area (Å²) in [7, 11) is 0. The maximum atomic E-state index is 4.55. The summed E-state index contributed by atoms with van der Waals surface area (Å²) < 4.78 is 0. The Morgan fingerprint density at radius 3 is 2.57 bits per heavy atom. The Bertz CT molecular complexity index is 398. The van der Waals surface area contributed by atoms with Gasteiger partial charge in [-0.2, -0.15) is 5.10 Å². The SMILES string of the molecule is CC1=NN(c2ccccc2)C2NC12C. The lowest BCUT2D eigenvalue weighted by Crippen LogP contribution is -2.20. The molecule has 2 aliphatic rings. The molecule has 0 aromatic heterocycles. The highest BCUT2D eigenvalue weighted by Crippen LogP contribution is 2.39. The van der Waals surface area contributed by atoms with Crippen LogP contribution in [0.4, 0.5) is 5.69 Å². The Hall–Kier alpha value is -1.35. The van der Waals surface area contributed by atoms with E-state index in [1.807, 2.05) is 18.2 Å². The molecule has 1 fully saturated rings. The molecule has 2 aliphatic heterocycles. The van der Waals surface area contributed by atoms with E-state index in [9.17, 15) is 0 Å². The Kier molecular flexibility index (Phi) is 1.35. The zero-order chi connectivity index (χ0) is 9.76. The van der Waals surface area contributed by atoms with Crippen molar-refractivity contribution in [1.82, 2.24) is 5.32 Å². The van der Waals surface area contributed by atoms with Crippen molar-refractivity contribution < 1.29 is 0 Å². The third kappa shape index (κ3) is 0.876. The van der Waals surface area contributed by atoms with Gasteiger partial charge in [0.25, 0.3) is 0 Å². The molecule has 14 heavy (non-hydrogen) atoms. The van der Waals surface area contributed by atoms with E-state index in [4.69, 9.17) is 0 Å². The molecule has 0 saturated carbocycles. The zero-order valence-corrected chi connectivity index (χ0v) is 8.36. The number of nitrogens with zero attached hydrogens (tertiary/aromatic N) is 2. The summed E-state index contributed by atoms with van der Waals surface area (Å²) in [5.74, 6) is 0. The quantitative estimate of drug-likeness (QED) is 0.678. The summed E-state index contributed by atoms with van der Waals surface area (Å²) in [5, 5.41) is 10.1. The summed E-state index contributed by atoms with van der Waals surface area (Å²) >= 11 is 0. The van der Waals surface area contributed by atoms with E-state index >= 15 is 0 Å². The monoisotopic (exact) mass is 187 g/mol. The van der Waals surface area contributed by atoms with Gasteiger partial charge in [-0.05, 0) is 26.0 Å². The van der Waals surface area contributed by atoms with Crippen molar-refractivity contribution in [3.63, 3.8) is 0 Å². The molecule has 3 heteroatoms. The van der Waals surface area contributed by atoms with Crippen LogP contribution in [0, 0.1) is 0 Å². The lowest BCUT2D eigenvalue weighted by molar-refractivity contribution is 0.838. The molecule has 0 radical (unpaired) electrons. The first-order valence-electron chi connectivity index (χ1n) is 4.89. The molecule has 3 nitrogen and oxygen atoms in total. The van der Waals surface area contributed by atoms with Crippen LogP contribution >= 0.6 is 0 Å². The first kappa shape index (κ1) is 8.00. The van der Waals surface area contributed by atoms with Crippen molar-refractivity contribution in [2.75, 3.05) is 5.01 Å². The lowest BCUT2D eigenvalue weighted by atomic mass is 10.1. The smallest absolute Gasteiger partial charge is 0.126 e. The predicted molar refractivity (Wildman–Crippen MR) is 57.4 cm³/mol. The van der Waals surface area contributed by atoms with Crippen LogP contribution in [0.1, 0.15) is 13.8 Å². The molecule has 0 spiro atoms. The van der Waals surface area contributed by atoms with E-state index in [1.54, 1.807) is 0 Å². The van der Waals surface area contributed by atoms with Crippen molar-refractivity contribution in [1.29, 1.82) is 0 Å². The van der Waals surface area contributed by atoms with Gasteiger partial charge in [0, 0.05) is 0 Å². The van der Waals surface area contributed by atoms with Gasteiger partial charge in [-0.25, -0.2) is 5.01 Å². The van der Waals surface area contributed by atoms with Crippen molar-refractivity contribution in [3.8, 4) is 0 Å². The number of hydrogen-bond acceptors (Lipinski definition) is 3. The van der Waals surface area contributed by atoms with Gasteiger partial charge in [0.2, 0.25) is 0 Å². The van der Waals surface area contributed by atoms with E-state index in [1.165, 1.54) is 5.71 Å². The zero-order valence-electron chi connectivity index (χ0n) is 8.36. The molecule has 1 saturated heterocycles. The molecule has 2 heterocycles. The predicted octanol–water partition coefficient (Wildman–Crippen LogP) is 1.57. The number of nitrogens with one attached hydrogen (secondary N) is 1. The van der Waals surface area contributed by atoms with Crippen LogP contribution in [0.3, 0.4) is 0 Å². The average Bonchev–Trinajstić information content (AvgIpc) is 2.83. The third-order valence-electron chi connectivity index (χ3n) is 3.17. The molecular formula is C11H13N3. The highest BCUT2D eigenvalue weighted by molar-refractivity contribution is 5.99. The van der Waals surface area contributed by atoms with Crippen LogP contribution in [-0.2, 0) is 0 Å². The van der Waals surface area contributed by atoms with Gasteiger partial charge in [0.05, 0.1) is 16.9 Å². The van der Waals surface area contributed by atoms with Gasteiger partial charge in [-0.3, -0.25) is 5.32 Å². The maximum absolute atomic E-state index is 4.55. The second-order valence-electron chi connectivity index (χ2n) is 4.11. The molecule has 0 aliphatic carbocycles. The van der Waals surface area contributed by atoms with Gasteiger partial charge in [0.1, 0.15) is 6.17 Å². The van der Waals surface area contributed by atoms with Gasteiger partial charge in [-0.1, -0.05) is 18.2 Å². The Labute approximate surface area is 83.4 Å². The number of anilines is 1. The van der Waals surface area contributed by atoms with E-state index in [0.29, 0.717) is 6.17 Å². The number of benzene rings is 1. The number of hydrogen-bond donors (Lipinski definition) is 1. The van der Waals surface area contributed by atoms with Crippen LogP contribution in [0.2, 0.25) is 0 Å². The summed E-state index contributed by atoms with van der Waals surface area (Å²) in [6, 6.07) is 10.3. The fourth-order valence-corrected chi connectivity index (χ4v) is 1.96. The summed E-state index contributed by atoms with van der Waals surface area (Å²) in [6.07, 6.45) is 0.366. The van der Waals surface area contributed by atoms with Crippen molar-refractivity contribution in [3.05, 3.63) is 30.3 Å². The minimum Gasteiger partial charge on any atom is -0.280 e. The molecule has 1 N–H and O–H groups in total. The van der Waals surface area contributed by atoms with Gasteiger partial charge in [0.15, 0.2) is 0 Å². The molecule has 72 valence electrons. The number of para-hydroxylation sites is 1. The molecule has 0 bridgehead atoms. The number of fused-ring (bicyclic) bond motifs is 1. The standard InChI is InChI=1S/C11H13N3/c1-8-11(2)10(12-11)14(13-8)9-6-4-3-5-7-9/h3-7,10,12H,1-2H3. The first-order chi connectivity index (χ1) is 6.72. The largest absolute Gasteiger partial charge is 0.280 e. The Morgan fingerprint density at radius 2 is 2.07 bits per heavy atom. The topological polar surface area (TPSA) is 37.5 Å². The normalized spacial score (nSPS) is 34.0. The lowest BCUT2D eigenvalue weighted by Gasteiger charge is -2.14. The minimum atomic E-state index is 0.121. The van der Waals surface area contributed by atoms with Gasteiger partial charge < -0.3 is 0 Å².